The maximum absolute atomic E-state index is 15.9. The van der Waals surface area contributed by atoms with E-state index in [1.54, 1.807) is 146 Å². The quantitative estimate of drug-likeness (QED) is 0.0580. The molecule has 0 aromatic heterocycles. The van der Waals surface area contributed by atoms with E-state index in [-0.39, 0.29) is 66.8 Å². The zero-order valence-electron chi connectivity index (χ0n) is 75.3. The van der Waals surface area contributed by atoms with Crippen LogP contribution in [0.2, 0.25) is 0 Å². The second-order valence-corrected chi connectivity index (χ2v) is 35.3. The molecule has 0 radical (unpaired) electrons. The molecule has 18 aromatic carbocycles. The van der Waals surface area contributed by atoms with E-state index in [2.05, 4.69) is 191 Å². The van der Waals surface area contributed by atoms with E-state index in [0.717, 1.165) is 132 Å². The molecule has 0 saturated heterocycles. The maximum atomic E-state index is 15.9. The topological polar surface area (TPSA) is 9.23 Å². The van der Waals surface area contributed by atoms with Gasteiger partial charge in [-0.2, -0.15) is 52.7 Å². The van der Waals surface area contributed by atoms with Crippen molar-refractivity contribution >= 4 is 0 Å². The van der Waals surface area contributed by atoms with Gasteiger partial charge >= 0.3 is 24.7 Å². The molecule has 0 heterocycles. The Morgan fingerprint density at radius 1 is 0.176 bits per heavy atom. The van der Waals surface area contributed by atoms with Gasteiger partial charge in [0.25, 0.3) is 0 Å². The fraction of sp³-hybridized carbons (Fsp3) is 0.122. The van der Waals surface area contributed by atoms with E-state index in [1.165, 1.54) is 48.0 Å². The van der Waals surface area contributed by atoms with Crippen molar-refractivity contribution in [2.75, 3.05) is 0 Å². The van der Waals surface area contributed by atoms with Crippen molar-refractivity contribution in [3.63, 3.8) is 0 Å². The lowest BCUT2D eigenvalue weighted by molar-refractivity contribution is -0.139. The highest BCUT2D eigenvalue weighted by molar-refractivity contribution is 6.17. The lowest BCUT2D eigenvalue weighted by Crippen LogP contribution is -2.24. The van der Waals surface area contributed by atoms with Gasteiger partial charge in [-0.05, 0) is 274 Å². The number of benzene rings is 18. The third-order valence-corrected chi connectivity index (χ3v) is 26.8. The standard InChI is InChI=1S/C123H92F12O/c1-7-118(4,5)98-68-62-80(63-69-98)78-46-54-90(55-47-78)112-106(84-30-16-10-17-31-84)108(86-34-20-12-21-35-86)113(109(87-36-22-13-23-37-87)107(112)85-32-18-11-19-33-85)91-56-48-79(49-57-91)81-64-70-101(71-65-81)136-105-73-67-95(77-104(105)123(133,134)135)83-52-60-93(61-53-83)115-111(89-40-26-15-27-41-89)110(88-38-24-14-25-39-88)114(92-58-50-82(51-59-92)94-66-72-102(119(6,8-2)9-3)103(76-94)122(130,131)132)116(96-42-28-44-99(74-96)120(124,125)126)117(115)97-43-29-45-100(75-97)121(127,128)129/h10-77H,7-9H2,1-6H3. The highest BCUT2D eigenvalue weighted by atomic mass is 19.4. The van der Waals surface area contributed by atoms with Crippen LogP contribution in [-0.4, -0.2) is 0 Å². The monoisotopic (exact) mass is 1810 g/mol. The lowest BCUT2D eigenvalue weighted by Gasteiger charge is -2.31. The Kier molecular flexibility index (Phi) is 25.1. The minimum Gasteiger partial charge on any atom is -0.457 e. The number of halogens is 12. The molecule has 0 bridgehead atoms. The molecule has 674 valence electrons. The minimum atomic E-state index is -4.98. The first-order valence-corrected chi connectivity index (χ1v) is 45.4. The Balaban J connectivity index is 0.737. The average molecular weight is 1810 g/mol. The Bertz CT molecular complexity index is 7230. The van der Waals surface area contributed by atoms with Gasteiger partial charge in [0, 0.05) is 0 Å². The number of hydrogen-bond acceptors (Lipinski definition) is 1. The van der Waals surface area contributed by atoms with E-state index in [1.807, 2.05) is 38.1 Å². The molecule has 18 rings (SSSR count). The van der Waals surface area contributed by atoms with Crippen LogP contribution in [0.25, 0.3) is 178 Å². The second kappa shape index (κ2) is 37.4. The summed E-state index contributed by atoms with van der Waals surface area (Å²) in [6, 6.07) is 123. The van der Waals surface area contributed by atoms with E-state index in [0.29, 0.717) is 51.8 Å². The minimum absolute atomic E-state index is 0.0399. The van der Waals surface area contributed by atoms with Gasteiger partial charge in [0.05, 0.1) is 22.3 Å². The summed E-state index contributed by atoms with van der Waals surface area (Å²) in [4.78, 5) is 0. The van der Waals surface area contributed by atoms with Crippen molar-refractivity contribution in [3.8, 4) is 190 Å². The zero-order valence-corrected chi connectivity index (χ0v) is 75.3. The molecule has 0 aliphatic rings. The summed E-state index contributed by atoms with van der Waals surface area (Å²) in [5.74, 6) is -0.369. The van der Waals surface area contributed by atoms with Crippen LogP contribution in [0.15, 0.2) is 413 Å². The molecule has 0 aliphatic heterocycles. The van der Waals surface area contributed by atoms with Crippen molar-refractivity contribution in [1.82, 2.24) is 0 Å². The van der Waals surface area contributed by atoms with Crippen LogP contribution >= 0.6 is 0 Å². The summed E-state index contributed by atoms with van der Waals surface area (Å²) in [5, 5.41) is 0. The highest BCUT2D eigenvalue weighted by Crippen LogP contribution is 2.60. The molecule has 13 heteroatoms. The molecule has 0 amide bonds. The smallest absolute Gasteiger partial charge is 0.420 e. The van der Waals surface area contributed by atoms with Crippen LogP contribution < -0.4 is 4.74 Å². The largest absolute Gasteiger partial charge is 0.457 e. The van der Waals surface area contributed by atoms with Crippen molar-refractivity contribution < 1.29 is 57.4 Å². The van der Waals surface area contributed by atoms with Crippen molar-refractivity contribution in [1.29, 1.82) is 0 Å². The van der Waals surface area contributed by atoms with Crippen LogP contribution in [0, 0.1) is 0 Å². The van der Waals surface area contributed by atoms with Crippen LogP contribution in [0.3, 0.4) is 0 Å². The molecule has 0 fully saturated rings. The average Bonchev–Trinajstić information content (AvgIpc) is 0.717. The molecular formula is C123H92F12O. The van der Waals surface area contributed by atoms with Gasteiger partial charge in [0.15, 0.2) is 0 Å². The Labute approximate surface area is 784 Å². The number of hydrogen-bond donors (Lipinski definition) is 0. The van der Waals surface area contributed by atoms with Crippen LogP contribution in [0.5, 0.6) is 11.5 Å². The van der Waals surface area contributed by atoms with Crippen LogP contribution in [0.1, 0.15) is 94.2 Å². The lowest BCUT2D eigenvalue weighted by atomic mass is 9.73. The molecule has 0 aliphatic carbocycles. The molecule has 0 N–H and O–H groups in total. The number of rotatable bonds is 23. The van der Waals surface area contributed by atoms with Gasteiger partial charge < -0.3 is 4.74 Å². The summed E-state index contributed by atoms with van der Waals surface area (Å²) in [7, 11) is 0. The summed E-state index contributed by atoms with van der Waals surface area (Å²) < 4.78 is 192. The Hall–Kier alpha value is -15.1. The van der Waals surface area contributed by atoms with Gasteiger partial charge in [0.1, 0.15) is 11.5 Å². The van der Waals surface area contributed by atoms with Gasteiger partial charge in [-0.15, -0.1) is 0 Å². The third kappa shape index (κ3) is 18.4. The normalized spacial score (nSPS) is 12.1. The zero-order chi connectivity index (χ0) is 95.0. The SMILES string of the molecule is CCC(C)(C)c1ccc(-c2ccc(-c3c(-c4ccccc4)c(-c4ccccc4)c(-c4ccc(-c5ccc(Oc6ccc(-c7ccc(-c8c(-c9ccccc9)c(-c9ccccc9)c(-c9ccc(-c%10ccc(C(C)(CC)CC)c(C(F)(F)F)c%10)cc9)c(-c9cccc(C(F)(F)F)c9)c8-c8cccc(C(F)(F)F)c8)cc7)cc6C(F)(F)F)cc5)cc4)c(-c4ccccc4)c3-c3ccccc3)cc2)cc1. The van der Waals surface area contributed by atoms with Crippen LogP contribution in [0.4, 0.5) is 52.7 Å². The fourth-order valence-corrected chi connectivity index (χ4v) is 18.9. The first kappa shape index (κ1) is 91.4. The molecule has 1 nitrogen and oxygen atoms in total. The van der Waals surface area contributed by atoms with Crippen LogP contribution in [-0.2, 0) is 35.5 Å². The highest BCUT2D eigenvalue weighted by Gasteiger charge is 2.41. The first-order chi connectivity index (χ1) is 65.5. The summed E-state index contributed by atoms with van der Waals surface area (Å²) in [5.41, 5.74) is 16.7. The van der Waals surface area contributed by atoms with Gasteiger partial charge in [0.2, 0.25) is 0 Å². The number of ether oxygens (including phenoxy) is 1. The summed E-state index contributed by atoms with van der Waals surface area (Å²) in [6.45, 7) is 12.2. The third-order valence-electron chi connectivity index (χ3n) is 26.8. The van der Waals surface area contributed by atoms with E-state index < -0.39 is 58.1 Å². The second-order valence-electron chi connectivity index (χ2n) is 35.3. The molecular weight excluding hydrogens is 1720 g/mol. The van der Waals surface area contributed by atoms with E-state index in [4.69, 9.17) is 4.74 Å². The predicted molar refractivity (Wildman–Crippen MR) is 531 cm³/mol. The Morgan fingerprint density at radius 3 is 0.676 bits per heavy atom. The van der Waals surface area contributed by atoms with E-state index >= 15 is 52.7 Å². The van der Waals surface area contributed by atoms with Gasteiger partial charge in [-0.1, -0.05) is 399 Å². The van der Waals surface area contributed by atoms with Gasteiger partial charge in [-0.3, -0.25) is 0 Å². The molecule has 0 saturated carbocycles. The first-order valence-electron chi connectivity index (χ1n) is 45.4. The maximum Gasteiger partial charge on any atom is 0.420 e. The van der Waals surface area contributed by atoms with Gasteiger partial charge in [-0.25, -0.2) is 0 Å². The molecule has 0 atom stereocenters. The van der Waals surface area contributed by atoms with Crippen molar-refractivity contribution in [2.24, 2.45) is 0 Å². The molecule has 136 heavy (non-hydrogen) atoms. The Morgan fingerprint density at radius 2 is 0.404 bits per heavy atom. The van der Waals surface area contributed by atoms with Crippen molar-refractivity contribution in [2.45, 2.75) is 96.3 Å². The fourth-order valence-electron chi connectivity index (χ4n) is 18.9. The van der Waals surface area contributed by atoms with E-state index in [9.17, 15) is 0 Å². The predicted octanol–water partition coefficient (Wildman–Crippen LogP) is 38.0. The van der Waals surface area contributed by atoms with Crippen molar-refractivity contribution in [3.05, 3.63) is 446 Å². The summed E-state index contributed by atoms with van der Waals surface area (Å²) >= 11 is 0. The molecule has 0 spiro atoms. The summed E-state index contributed by atoms with van der Waals surface area (Å²) in [6.07, 6.45) is -17.7. The number of alkyl halides is 12. The molecule has 18 aromatic rings. The molecule has 0 unspecified atom stereocenters.